The molecule has 22 heavy (non-hydrogen) atoms. The molecule has 1 aliphatic rings. The second-order valence-corrected chi connectivity index (χ2v) is 5.25. The van der Waals surface area contributed by atoms with Crippen molar-refractivity contribution in [3.8, 4) is 0 Å². The highest BCUT2D eigenvalue weighted by atomic mass is 16.5. The van der Waals surface area contributed by atoms with Gasteiger partial charge in [-0.3, -0.25) is 9.59 Å². The molecule has 0 aromatic carbocycles. The van der Waals surface area contributed by atoms with Crippen LogP contribution in [0.15, 0.2) is 30.5 Å². The number of hydrogen-bond acceptors (Lipinski definition) is 4. The summed E-state index contributed by atoms with van der Waals surface area (Å²) in [4.78, 5) is 25.4. The fourth-order valence-electron chi connectivity index (χ4n) is 2.55. The van der Waals surface area contributed by atoms with E-state index in [1.807, 2.05) is 18.2 Å². The second-order valence-electron chi connectivity index (χ2n) is 5.25. The van der Waals surface area contributed by atoms with Crippen LogP contribution in [0.4, 0.5) is 0 Å². The largest absolute Gasteiger partial charge is 0.373 e. The van der Waals surface area contributed by atoms with Gasteiger partial charge >= 0.3 is 0 Å². The van der Waals surface area contributed by atoms with E-state index in [4.69, 9.17) is 4.74 Å². The van der Waals surface area contributed by atoms with E-state index in [-0.39, 0.29) is 17.9 Å². The lowest BCUT2D eigenvalue weighted by atomic mass is 10.2. The summed E-state index contributed by atoms with van der Waals surface area (Å²) in [5.74, 6) is -0.182. The number of pyridine rings is 1. The van der Waals surface area contributed by atoms with Crippen molar-refractivity contribution >= 4 is 17.3 Å². The Morgan fingerprint density at radius 2 is 2.27 bits per heavy atom. The van der Waals surface area contributed by atoms with Gasteiger partial charge in [0.1, 0.15) is 5.69 Å². The molecule has 7 heteroatoms. The van der Waals surface area contributed by atoms with Gasteiger partial charge in [-0.25, -0.2) is 4.52 Å². The number of nitrogens with one attached hydrogen (secondary N) is 1. The number of aromatic nitrogens is 2. The summed E-state index contributed by atoms with van der Waals surface area (Å²) in [5, 5.41) is 6.99. The SMILES string of the molecule is CC(=O)N1CCO[C@H](CNC(=O)c2cccc3ccnn23)C1. The summed E-state index contributed by atoms with van der Waals surface area (Å²) < 4.78 is 7.18. The normalized spacial score (nSPS) is 18.4. The molecule has 1 atom stereocenters. The van der Waals surface area contributed by atoms with Gasteiger partial charge in [-0.1, -0.05) is 6.07 Å². The lowest BCUT2D eigenvalue weighted by Crippen LogP contribution is -2.49. The summed E-state index contributed by atoms with van der Waals surface area (Å²) in [6, 6.07) is 7.27. The van der Waals surface area contributed by atoms with Crippen molar-refractivity contribution in [3.05, 3.63) is 36.2 Å². The Balaban J connectivity index is 1.63. The first kappa shape index (κ1) is 14.5. The Hall–Kier alpha value is -2.41. The lowest BCUT2D eigenvalue weighted by Gasteiger charge is -2.32. The Labute approximate surface area is 127 Å². The smallest absolute Gasteiger partial charge is 0.270 e. The molecular weight excluding hydrogens is 284 g/mol. The first-order valence-electron chi connectivity index (χ1n) is 7.23. The zero-order chi connectivity index (χ0) is 15.5. The Morgan fingerprint density at radius 1 is 1.41 bits per heavy atom. The summed E-state index contributed by atoms with van der Waals surface area (Å²) in [6.45, 7) is 3.50. The van der Waals surface area contributed by atoms with E-state index in [1.165, 1.54) is 0 Å². The van der Waals surface area contributed by atoms with Crippen LogP contribution in [0.5, 0.6) is 0 Å². The van der Waals surface area contributed by atoms with E-state index in [2.05, 4.69) is 10.4 Å². The van der Waals surface area contributed by atoms with E-state index >= 15 is 0 Å². The van der Waals surface area contributed by atoms with Crippen molar-refractivity contribution in [1.82, 2.24) is 19.8 Å². The summed E-state index contributed by atoms with van der Waals surface area (Å²) in [5.41, 5.74) is 1.34. The van der Waals surface area contributed by atoms with E-state index in [0.29, 0.717) is 31.9 Å². The molecule has 1 fully saturated rings. The zero-order valence-corrected chi connectivity index (χ0v) is 12.4. The van der Waals surface area contributed by atoms with Gasteiger partial charge in [-0.15, -0.1) is 0 Å². The number of fused-ring (bicyclic) bond motifs is 1. The maximum atomic E-state index is 12.3. The number of amides is 2. The summed E-state index contributed by atoms with van der Waals surface area (Å²) in [7, 11) is 0. The minimum atomic E-state index is -0.210. The average molecular weight is 302 g/mol. The van der Waals surface area contributed by atoms with E-state index in [0.717, 1.165) is 5.52 Å². The molecule has 2 aromatic rings. The third-order valence-electron chi connectivity index (χ3n) is 3.73. The van der Waals surface area contributed by atoms with E-state index in [1.54, 1.807) is 28.6 Å². The van der Waals surface area contributed by atoms with Gasteiger partial charge in [0.25, 0.3) is 5.91 Å². The molecule has 116 valence electrons. The first-order valence-corrected chi connectivity index (χ1v) is 7.23. The highest BCUT2D eigenvalue weighted by Gasteiger charge is 2.23. The number of hydrogen-bond donors (Lipinski definition) is 1. The average Bonchev–Trinajstić information content (AvgIpc) is 3.01. The Kier molecular flexibility index (Phi) is 4.06. The van der Waals surface area contributed by atoms with Crippen LogP contribution in [0.1, 0.15) is 17.4 Å². The van der Waals surface area contributed by atoms with Crippen LogP contribution in [-0.4, -0.2) is 58.7 Å². The van der Waals surface area contributed by atoms with Crippen molar-refractivity contribution in [2.45, 2.75) is 13.0 Å². The maximum absolute atomic E-state index is 12.3. The molecule has 3 heterocycles. The van der Waals surface area contributed by atoms with Crippen LogP contribution in [0, 0.1) is 0 Å². The molecule has 2 amide bonds. The number of morpholine rings is 1. The fourth-order valence-corrected chi connectivity index (χ4v) is 2.55. The van der Waals surface area contributed by atoms with Gasteiger partial charge in [0.15, 0.2) is 0 Å². The second kappa shape index (κ2) is 6.15. The minimum Gasteiger partial charge on any atom is -0.373 e. The zero-order valence-electron chi connectivity index (χ0n) is 12.4. The standard InChI is InChI=1S/C15H18N4O3/c1-11(20)18-7-8-22-13(10-18)9-16-15(21)14-4-2-3-12-5-6-17-19(12)14/h2-6,13H,7-10H2,1H3,(H,16,21)/t13-/m1/s1. The van der Waals surface area contributed by atoms with Crippen LogP contribution in [0.2, 0.25) is 0 Å². The summed E-state index contributed by atoms with van der Waals surface area (Å²) >= 11 is 0. The summed E-state index contributed by atoms with van der Waals surface area (Å²) in [6.07, 6.45) is 1.47. The molecule has 0 spiro atoms. The first-order chi connectivity index (χ1) is 10.6. The van der Waals surface area contributed by atoms with Crippen LogP contribution in [0.25, 0.3) is 5.52 Å². The number of ether oxygens (including phenoxy) is 1. The molecule has 1 saturated heterocycles. The van der Waals surface area contributed by atoms with Crippen molar-refractivity contribution in [3.63, 3.8) is 0 Å². The van der Waals surface area contributed by atoms with Gasteiger partial charge in [0.2, 0.25) is 5.91 Å². The van der Waals surface area contributed by atoms with Crippen LogP contribution >= 0.6 is 0 Å². The Morgan fingerprint density at radius 3 is 3.09 bits per heavy atom. The third kappa shape index (κ3) is 2.94. The van der Waals surface area contributed by atoms with Crippen molar-refractivity contribution < 1.29 is 14.3 Å². The van der Waals surface area contributed by atoms with E-state index in [9.17, 15) is 9.59 Å². The highest BCUT2D eigenvalue weighted by Crippen LogP contribution is 2.08. The molecule has 0 unspecified atom stereocenters. The number of carbonyl (C=O) groups is 2. The predicted octanol–water partition coefficient (Wildman–Crippen LogP) is 0.311. The molecule has 7 nitrogen and oxygen atoms in total. The molecule has 0 saturated carbocycles. The molecular formula is C15H18N4O3. The van der Waals surface area contributed by atoms with Crippen LogP contribution < -0.4 is 5.32 Å². The number of carbonyl (C=O) groups excluding carboxylic acids is 2. The topological polar surface area (TPSA) is 75.9 Å². The third-order valence-corrected chi connectivity index (χ3v) is 3.73. The van der Waals surface area contributed by atoms with Gasteiger partial charge in [0.05, 0.1) is 24.4 Å². The molecule has 0 bridgehead atoms. The maximum Gasteiger partial charge on any atom is 0.270 e. The molecule has 1 N–H and O–H groups in total. The van der Waals surface area contributed by atoms with Gasteiger partial charge < -0.3 is 15.0 Å². The quantitative estimate of drug-likeness (QED) is 0.885. The monoisotopic (exact) mass is 302 g/mol. The van der Waals surface area contributed by atoms with Gasteiger partial charge in [0, 0.05) is 26.6 Å². The molecule has 1 aliphatic heterocycles. The van der Waals surface area contributed by atoms with Gasteiger partial charge in [-0.05, 0) is 18.2 Å². The molecule has 0 aliphatic carbocycles. The van der Waals surface area contributed by atoms with E-state index < -0.39 is 0 Å². The van der Waals surface area contributed by atoms with Crippen molar-refractivity contribution in [2.24, 2.45) is 0 Å². The number of rotatable bonds is 3. The highest BCUT2D eigenvalue weighted by molar-refractivity contribution is 5.93. The Bertz CT molecular complexity index is 697. The van der Waals surface area contributed by atoms with Crippen molar-refractivity contribution in [2.75, 3.05) is 26.2 Å². The number of nitrogens with zero attached hydrogens (tertiary/aromatic N) is 3. The molecule has 3 rings (SSSR count). The van der Waals surface area contributed by atoms with Crippen LogP contribution in [-0.2, 0) is 9.53 Å². The molecule has 0 radical (unpaired) electrons. The fraction of sp³-hybridized carbons (Fsp3) is 0.400. The van der Waals surface area contributed by atoms with Gasteiger partial charge in [-0.2, -0.15) is 5.10 Å². The van der Waals surface area contributed by atoms with Crippen molar-refractivity contribution in [1.29, 1.82) is 0 Å². The van der Waals surface area contributed by atoms with Crippen LogP contribution in [0.3, 0.4) is 0 Å². The lowest BCUT2D eigenvalue weighted by molar-refractivity contribution is -0.136. The minimum absolute atomic E-state index is 0.0286. The molecule has 2 aromatic heterocycles. The predicted molar refractivity (Wildman–Crippen MR) is 79.5 cm³/mol.